The van der Waals surface area contributed by atoms with E-state index in [9.17, 15) is 19.0 Å². The number of carbonyl (C=O) groups excluding carboxylic acids is 2. The summed E-state index contributed by atoms with van der Waals surface area (Å²) >= 11 is 0. The van der Waals surface area contributed by atoms with E-state index in [-0.39, 0.29) is 32.0 Å². The van der Waals surface area contributed by atoms with Gasteiger partial charge in [-0.25, -0.2) is 4.57 Å². The first-order valence-corrected chi connectivity index (χ1v) is 21.1. The molecule has 9 nitrogen and oxygen atoms in total. The summed E-state index contributed by atoms with van der Waals surface area (Å²) in [6.45, 7) is 4.35. The number of allylic oxidation sites excluding steroid dienone is 4. The Labute approximate surface area is 300 Å². The maximum absolute atomic E-state index is 12.6. The molecule has 0 saturated carbocycles. The lowest BCUT2D eigenvalue weighted by Gasteiger charge is -2.24. The maximum Gasteiger partial charge on any atom is 0.472 e. The van der Waals surface area contributed by atoms with E-state index in [0.29, 0.717) is 17.4 Å². The number of phosphoric acid groups is 1. The third kappa shape index (κ3) is 36.1. The summed E-state index contributed by atoms with van der Waals surface area (Å²) in [7, 11) is 1.47. The van der Waals surface area contributed by atoms with E-state index in [1.807, 2.05) is 21.1 Å². The highest BCUT2D eigenvalue weighted by atomic mass is 31.2. The van der Waals surface area contributed by atoms with E-state index in [1.165, 1.54) is 70.6 Å². The fourth-order valence-corrected chi connectivity index (χ4v) is 5.84. The van der Waals surface area contributed by atoms with Crippen molar-refractivity contribution in [1.29, 1.82) is 0 Å². The average Bonchev–Trinajstić information content (AvgIpc) is 3.04. The van der Waals surface area contributed by atoms with E-state index in [2.05, 4.69) is 38.2 Å². The molecule has 1 unspecified atom stereocenters. The molecule has 0 aromatic heterocycles. The fraction of sp³-hybridized carbons (Fsp3) is 0.846. The van der Waals surface area contributed by atoms with Crippen LogP contribution in [0.5, 0.6) is 0 Å². The van der Waals surface area contributed by atoms with Crippen LogP contribution in [0.3, 0.4) is 0 Å². The van der Waals surface area contributed by atoms with Gasteiger partial charge in [-0.1, -0.05) is 128 Å². The predicted molar refractivity (Wildman–Crippen MR) is 201 cm³/mol. The molecule has 0 aromatic rings. The minimum atomic E-state index is -4.37. The number of hydrogen-bond acceptors (Lipinski definition) is 7. The van der Waals surface area contributed by atoms with Crippen LogP contribution in [-0.4, -0.2) is 74.9 Å². The Bertz CT molecular complexity index is 902. The molecule has 2 atom stereocenters. The number of carbonyl (C=O) groups is 2. The smallest absolute Gasteiger partial charge is 0.462 e. The summed E-state index contributed by atoms with van der Waals surface area (Å²) in [5, 5.41) is 0. The molecule has 0 aromatic carbocycles. The fourth-order valence-electron chi connectivity index (χ4n) is 5.10. The van der Waals surface area contributed by atoms with Crippen LogP contribution in [-0.2, 0) is 32.7 Å². The lowest BCUT2D eigenvalue weighted by molar-refractivity contribution is -0.870. The first-order chi connectivity index (χ1) is 23.5. The minimum absolute atomic E-state index is 0.0302. The zero-order valence-corrected chi connectivity index (χ0v) is 33.1. The molecule has 10 heteroatoms. The molecule has 49 heavy (non-hydrogen) atoms. The van der Waals surface area contributed by atoms with Gasteiger partial charge in [0.15, 0.2) is 6.10 Å². The summed E-state index contributed by atoms with van der Waals surface area (Å²) in [5.74, 6) is -0.815. The number of nitrogens with zero attached hydrogens (tertiary/aromatic N) is 1. The Morgan fingerprint density at radius 2 is 1.10 bits per heavy atom. The molecule has 0 saturated heterocycles. The molecule has 0 amide bonds. The third-order valence-corrected chi connectivity index (χ3v) is 9.22. The number of phosphoric ester groups is 1. The molecule has 0 aliphatic rings. The van der Waals surface area contributed by atoms with Gasteiger partial charge in [-0.3, -0.25) is 18.6 Å². The highest BCUT2D eigenvalue weighted by Crippen LogP contribution is 2.43. The topological polar surface area (TPSA) is 108 Å². The van der Waals surface area contributed by atoms with Crippen LogP contribution in [0.15, 0.2) is 24.3 Å². The second-order valence-corrected chi connectivity index (χ2v) is 15.8. The van der Waals surface area contributed by atoms with Crippen molar-refractivity contribution in [3.8, 4) is 0 Å². The van der Waals surface area contributed by atoms with Crippen molar-refractivity contribution in [3.63, 3.8) is 0 Å². The standard InChI is InChI=1S/C39H74NO8P/c1-6-8-10-12-14-16-18-19-20-21-22-24-26-28-30-32-39(42)48-37(36-47-49(43,44)46-34-33-40(3,4)5)35-45-38(41)31-29-27-25-23-17-15-13-11-9-7-2/h14,16,19-20,37H,6-13,15,17-18,21-36H2,1-5H3/p+1/b16-14+,20-19+/t37-/m1/s1. The van der Waals surface area contributed by atoms with Gasteiger partial charge in [-0.2, -0.15) is 0 Å². The van der Waals surface area contributed by atoms with Crippen molar-refractivity contribution in [1.82, 2.24) is 0 Å². The Balaban J connectivity index is 4.45. The molecule has 0 spiro atoms. The SMILES string of the molecule is CCCCC/C=C/C/C=C/CCCCCCCC(=O)O[C@H](COC(=O)CCCCCCCCCCCC)COP(=O)(O)OCC[N+](C)(C)C. The Morgan fingerprint density at radius 1 is 0.633 bits per heavy atom. The maximum atomic E-state index is 12.6. The number of rotatable bonds is 35. The van der Waals surface area contributed by atoms with Gasteiger partial charge in [0.2, 0.25) is 0 Å². The van der Waals surface area contributed by atoms with Crippen LogP contribution in [0.2, 0.25) is 0 Å². The van der Waals surface area contributed by atoms with Crippen LogP contribution in [0.1, 0.15) is 162 Å². The van der Waals surface area contributed by atoms with E-state index < -0.39 is 26.5 Å². The third-order valence-electron chi connectivity index (χ3n) is 8.23. The highest BCUT2D eigenvalue weighted by molar-refractivity contribution is 7.47. The van der Waals surface area contributed by atoms with Gasteiger partial charge in [-0.15, -0.1) is 0 Å². The molecule has 1 N–H and O–H groups in total. The van der Waals surface area contributed by atoms with Crippen LogP contribution >= 0.6 is 7.82 Å². The van der Waals surface area contributed by atoms with E-state index >= 15 is 0 Å². The van der Waals surface area contributed by atoms with Crippen molar-refractivity contribution < 1.29 is 42.1 Å². The summed E-state index contributed by atoms with van der Waals surface area (Å²) < 4.78 is 34.1. The van der Waals surface area contributed by atoms with Crippen molar-refractivity contribution in [2.45, 2.75) is 168 Å². The Morgan fingerprint density at radius 3 is 1.65 bits per heavy atom. The normalized spacial score (nSPS) is 14.0. The van der Waals surface area contributed by atoms with Gasteiger partial charge < -0.3 is 18.9 Å². The van der Waals surface area contributed by atoms with Gasteiger partial charge >= 0.3 is 19.8 Å². The van der Waals surface area contributed by atoms with Crippen molar-refractivity contribution in [2.75, 3.05) is 47.5 Å². The quantitative estimate of drug-likeness (QED) is 0.0227. The molecule has 0 bridgehead atoms. The van der Waals surface area contributed by atoms with Gasteiger partial charge in [0, 0.05) is 12.8 Å². The zero-order chi connectivity index (χ0) is 36.5. The number of likely N-dealkylation sites (N-methyl/N-ethyl adjacent to an activating group) is 1. The van der Waals surface area contributed by atoms with Crippen LogP contribution < -0.4 is 0 Å². The van der Waals surface area contributed by atoms with E-state index in [0.717, 1.165) is 57.8 Å². The largest absolute Gasteiger partial charge is 0.472 e. The molecule has 0 aliphatic heterocycles. The van der Waals surface area contributed by atoms with Gasteiger partial charge in [-0.05, 0) is 44.9 Å². The van der Waals surface area contributed by atoms with Gasteiger partial charge in [0.05, 0.1) is 27.7 Å². The lowest BCUT2D eigenvalue weighted by atomic mass is 10.1. The summed E-state index contributed by atoms with van der Waals surface area (Å²) in [6, 6.07) is 0. The molecular weight excluding hydrogens is 641 g/mol. The first-order valence-electron chi connectivity index (χ1n) is 19.6. The first kappa shape index (κ1) is 47.5. The average molecular weight is 717 g/mol. The summed E-state index contributed by atoms with van der Waals surface area (Å²) in [5.41, 5.74) is 0. The lowest BCUT2D eigenvalue weighted by Crippen LogP contribution is -2.37. The number of hydrogen-bond donors (Lipinski definition) is 1. The van der Waals surface area contributed by atoms with Crippen molar-refractivity contribution >= 4 is 19.8 Å². The number of quaternary nitrogens is 1. The van der Waals surface area contributed by atoms with Crippen LogP contribution in [0, 0.1) is 0 Å². The number of esters is 2. The summed E-state index contributed by atoms with van der Waals surface area (Å²) in [6.07, 6.45) is 32.2. The zero-order valence-electron chi connectivity index (χ0n) is 32.2. The van der Waals surface area contributed by atoms with Gasteiger partial charge in [0.1, 0.15) is 19.8 Å². The minimum Gasteiger partial charge on any atom is -0.462 e. The van der Waals surface area contributed by atoms with E-state index in [4.69, 9.17) is 18.5 Å². The second-order valence-electron chi connectivity index (χ2n) is 14.3. The molecule has 0 fully saturated rings. The molecule has 288 valence electrons. The van der Waals surface area contributed by atoms with Crippen LogP contribution in [0.25, 0.3) is 0 Å². The van der Waals surface area contributed by atoms with E-state index in [1.54, 1.807) is 0 Å². The highest BCUT2D eigenvalue weighted by Gasteiger charge is 2.27. The number of ether oxygens (including phenoxy) is 2. The number of unbranched alkanes of at least 4 members (excludes halogenated alkanes) is 17. The van der Waals surface area contributed by atoms with Gasteiger partial charge in [0.25, 0.3) is 0 Å². The van der Waals surface area contributed by atoms with Crippen molar-refractivity contribution in [2.24, 2.45) is 0 Å². The molecule has 0 aliphatic carbocycles. The molecule has 0 radical (unpaired) electrons. The Hall–Kier alpha value is -1.51. The Kier molecular flexibility index (Phi) is 31.4. The van der Waals surface area contributed by atoms with Crippen LogP contribution in [0.4, 0.5) is 0 Å². The monoisotopic (exact) mass is 717 g/mol. The predicted octanol–water partition coefficient (Wildman–Crippen LogP) is 10.4. The molecular formula is C39H75NO8P+. The van der Waals surface area contributed by atoms with Crippen molar-refractivity contribution in [3.05, 3.63) is 24.3 Å². The summed E-state index contributed by atoms with van der Waals surface area (Å²) in [4.78, 5) is 35.1. The molecule has 0 rings (SSSR count). The second kappa shape index (κ2) is 32.4. The molecule has 0 heterocycles.